The predicted molar refractivity (Wildman–Crippen MR) is 75.6 cm³/mol. The summed E-state index contributed by atoms with van der Waals surface area (Å²) in [5.74, 6) is -0.322. The smallest absolute Gasteiger partial charge is 0.329 e. The summed E-state index contributed by atoms with van der Waals surface area (Å²) in [4.78, 5) is 23.2. The van der Waals surface area contributed by atoms with Crippen LogP contribution in [0.4, 0.5) is 4.79 Å². The number of rotatable bonds is 7. The molecule has 0 aliphatic carbocycles. The molecule has 0 aromatic rings. The minimum absolute atomic E-state index is 0.309. The van der Waals surface area contributed by atoms with E-state index in [0.717, 1.165) is 19.3 Å². The molecule has 6 heteroatoms. The van der Waals surface area contributed by atoms with Gasteiger partial charge in [-0.05, 0) is 12.3 Å². The van der Waals surface area contributed by atoms with Gasteiger partial charge in [0.15, 0.2) is 0 Å². The van der Waals surface area contributed by atoms with Crippen molar-refractivity contribution in [3.8, 4) is 0 Å². The van der Waals surface area contributed by atoms with Crippen LogP contribution in [0.25, 0.3) is 0 Å². The lowest BCUT2D eigenvalue weighted by Gasteiger charge is -2.33. The fraction of sp³-hybridized carbons (Fsp3) is 0.857. The number of unbranched alkanes of at least 4 members (excludes halogenated alkanes) is 1. The van der Waals surface area contributed by atoms with Gasteiger partial charge in [0.05, 0.1) is 0 Å². The highest BCUT2D eigenvalue weighted by molar-refractivity contribution is 5.86. The van der Waals surface area contributed by atoms with Crippen molar-refractivity contribution < 1.29 is 19.4 Å². The number of aliphatic carboxylic acids is 1. The molecule has 2 amide bonds. The zero-order valence-electron chi connectivity index (χ0n) is 12.4. The van der Waals surface area contributed by atoms with Crippen LogP contribution < -0.4 is 10.6 Å². The van der Waals surface area contributed by atoms with E-state index >= 15 is 0 Å². The largest absolute Gasteiger partial charge is 0.480 e. The number of carbonyl (C=O) groups excluding carboxylic acids is 1. The third kappa shape index (κ3) is 5.36. The molecule has 3 N–H and O–H groups in total. The second-order valence-corrected chi connectivity index (χ2v) is 5.77. The zero-order chi connectivity index (χ0) is 15.0. The summed E-state index contributed by atoms with van der Waals surface area (Å²) in [5.41, 5.74) is -1.18. The number of amides is 2. The van der Waals surface area contributed by atoms with Gasteiger partial charge in [-0.15, -0.1) is 0 Å². The number of hydrogen-bond donors (Lipinski definition) is 3. The average Bonchev–Trinajstić information content (AvgIpc) is 2.38. The van der Waals surface area contributed by atoms with Crippen molar-refractivity contribution in [3.63, 3.8) is 0 Å². The van der Waals surface area contributed by atoms with Gasteiger partial charge in [0.2, 0.25) is 0 Å². The summed E-state index contributed by atoms with van der Waals surface area (Å²) in [6, 6.07) is -0.404. The lowest BCUT2D eigenvalue weighted by molar-refractivity contribution is -0.148. The highest BCUT2D eigenvalue weighted by Crippen LogP contribution is 2.20. The quantitative estimate of drug-likeness (QED) is 0.622. The molecule has 0 spiro atoms. The molecule has 0 atom stereocenters. The monoisotopic (exact) mass is 286 g/mol. The van der Waals surface area contributed by atoms with Crippen LogP contribution in [0, 0.1) is 5.92 Å². The van der Waals surface area contributed by atoms with Crippen molar-refractivity contribution in [2.75, 3.05) is 19.8 Å². The van der Waals surface area contributed by atoms with Crippen LogP contribution in [0.1, 0.15) is 46.0 Å². The predicted octanol–water partition coefficient (Wildman–Crippen LogP) is 1.75. The fourth-order valence-corrected chi connectivity index (χ4v) is 2.25. The SMILES string of the molecule is CC(C)CCCCNC(=O)NC1(C(=O)O)CCOCC1. The molecule has 0 radical (unpaired) electrons. The zero-order valence-corrected chi connectivity index (χ0v) is 12.4. The van der Waals surface area contributed by atoms with E-state index in [0.29, 0.717) is 38.5 Å². The van der Waals surface area contributed by atoms with E-state index in [1.165, 1.54) is 0 Å². The summed E-state index contributed by atoms with van der Waals surface area (Å²) in [7, 11) is 0. The molecule has 0 unspecified atom stereocenters. The molecule has 1 saturated heterocycles. The number of urea groups is 1. The topological polar surface area (TPSA) is 87.7 Å². The molecule has 1 aliphatic rings. The van der Waals surface area contributed by atoms with Crippen molar-refractivity contribution in [1.29, 1.82) is 0 Å². The van der Waals surface area contributed by atoms with Gasteiger partial charge in [0.25, 0.3) is 0 Å². The first-order valence-electron chi connectivity index (χ1n) is 7.33. The van der Waals surface area contributed by atoms with Gasteiger partial charge in [0.1, 0.15) is 5.54 Å². The Morgan fingerprint density at radius 2 is 1.90 bits per heavy atom. The van der Waals surface area contributed by atoms with Crippen LogP contribution in [0.15, 0.2) is 0 Å². The first kappa shape index (κ1) is 16.8. The first-order chi connectivity index (χ1) is 9.46. The highest BCUT2D eigenvalue weighted by Gasteiger charge is 2.41. The van der Waals surface area contributed by atoms with Crippen molar-refractivity contribution in [2.24, 2.45) is 5.92 Å². The van der Waals surface area contributed by atoms with E-state index in [1.54, 1.807) is 0 Å². The van der Waals surface area contributed by atoms with Gasteiger partial charge < -0.3 is 20.5 Å². The summed E-state index contributed by atoms with van der Waals surface area (Å²) >= 11 is 0. The molecule has 0 aromatic heterocycles. The number of carboxylic acids is 1. The highest BCUT2D eigenvalue weighted by atomic mass is 16.5. The Labute approximate surface area is 120 Å². The summed E-state index contributed by atoms with van der Waals surface area (Å²) in [6.45, 7) is 5.64. The Bertz CT molecular complexity index is 325. The van der Waals surface area contributed by atoms with Crippen molar-refractivity contribution in [3.05, 3.63) is 0 Å². The molecular formula is C14H26N2O4. The molecule has 1 heterocycles. The van der Waals surface area contributed by atoms with Gasteiger partial charge in [0, 0.05) is 32.6 Å². The minimum Gasteiger partial charge on any atom is -0.480 e. The Balaban J connectivity index is 2.30. The van der Waals surface area contributed by atoms with E-state index in [2.05, 4.69) is 24.5 Å². The molecule has 0 saturated carbocycles. The number of carboxylic acid groups (broad SMARTS) is 1. The molecule has 0 aromatic carbocycles. The Hall–Kier alpha value is -1.30. The maximum atomic E-state index is 11.8. The van der Waals surface area contributed by atoms with Crippen LogP contribution in [0.2, 0.25) is 0 Å². The maximum absolute atomic E-state index is 11.8. The van der Waals surface area contributed by atoms with Gasteiger partial charge in [-0.3, -0.25) is 0 Å². The second-order valence-electron chi connectivity index (χ2n) is 5.77. The molecule has 20 heavy (non-hydrogen) atoms. The molecule has 116 valence electrons. The fourth-order valence-electron chi connectivity index (χ4n) is 2.25. The van der Waals surface area contributed by atoms with Crippen LogP contribution in [0.3, 0.4) is 0 Å². The van der Waals surface area contributed by atoms with Gasteiger partial charge in [-0.25, -0.2) is 9.59 Å². The number of hydrogen-bond acceptors (Lipinski definition) is 3. The minimum atomic E-state index is -1.18. The lowest BCUT2D eigenvalue weighted by Crippen LogP contribution is -2.59. The van der Waals surface area contributed by atoms with Crippen LogP contribution in [-0.4, -0.2) is 42.4 Å². The van der Waals surface area contributed by atoms with Crippen molar-refractivity contribution >= 4 is 12.0 Å². The summed E-state index contributed by atoms with van der Waals surface area (Å²) < 4.78 is 5.16. The molecule has 0 bridgehead atoms. The molecule has 6 nitrogen and oxygen atoms in total. The Morgan fingerprint density at radius 1 is 1.25 bits per heavy atom. The molecule has 1 fully saturated rings. The third-order valence-electron chi connectivity index (χ3n) is 3.60. The van der Waals surface area contributed by atoms with Gasteiger partial charge >= 0.3 is 12.0 Å². The second kappa shape index (κ2) is 8.09. The van der Waals surface area contributed by atoms with Gasteiger partial charge in [-0.2, -0.15) is 0 Å². The lowest BCUT2D eigenvalue weighted by atomic mass is 9.90. The van der Waals surface area contributed by atoms with Crippen LogP contribution >= 0.6 is 0 Å². The number of ether oxygens (including phenoxy) is 1. The third-order valence-corrected chi connectivity index (χ3v) is 3.60. The Kier molecular flexibility index (Phi) is 6.78. The van der Waals surface area contributed by atoms with E-state index in [-0.39, 0.29) is 0 Å². The molecular weight excluding hydrogens is 260 g/mol. The normalized spacial score (nSPS) is 17.8. The van der Waals surface area contributed by atoms with E-state index in [1.807, 2.05) is 0 Å². The van der Waals surface area contributed by atoms with Crippen molar-refractivity contribution in [1.82, 2.24) is 10.6 Å². The number of carbonyl (C=O) groups is 2. The Morgan fingerprint density at radius 3 is 2.45 bits per heavy atom. The van der Waals surface area contributed by atoms with Gasteiger partial charge in [-0.1, -0.05) is 26.7 Å². The molecule has 1 aliphatic heterocycles. The standard InChI is InChI=1S/C14H26N2O4/c1-11(2)5-3-4-8-15-13(19)16-14(12(17)18)6-9-20-10-7-14/h11H,3-10H2,1-2H3,(H,17,18)(H2,15,16,19). The van der Waals surface area contributed by atoms with E-state index in [4.69, 9.17) is 4.74 Å². The maximum Gasteiger partial charge on any atom is 0.329 e. The van der Waals surface area contributed by atoms with Crippen LogP contribution in [0.5, 0.6) is 0 Å². The first-order valence-corrected chi connectivity index (χ1v) is 7.33. The van der Waals surface area contributed by atoms with Crippen molar-refractivity contribution in [2.45, 2.75) is 51.5 Å². The summed E-state index contributed by atoms with van der Waals surface area (Å²) in [6.07, 6.45) is 3.73. The summed E-state index contributed by atoms with van der Waals surface area (Å²) in [5, 5.41) is 14.6. The van der Waals surface area contributed by atoms with E-state index in [9.17, 15) is 14.7 Å². The van der Waals surface area contributed by atoms with E-state index < -0.39 is 17.5 Å². The van der Waals surface area contributed by atoms with Crippen LogP contribution in [-0.2, 0) is 9.53 Å². The molecule has 1 rings (SSSR count). The number of nitrogens with one attached hydrogen (secondary N) is 2. The average molecular weight is 286 g/mol.